The maximum Gasteiger partial charge on any atom is 0.338 e. The molecule has 0 spiro atoms. The lowest BCUT2D eigenvalue weighted by atomic mass is 10.3. The second-order valence-corrected chi connectivity index (χ2v) is 5.51. The summed E-state index contributed by atoms with van der Waals surface area (Å²) in [7, 11) is 0. The Morgan fingerprint density at radius 2 is 1.20 bits per heavy atom. The molecule has 10 nitrogen and oxygen atoms in total. The maximum atomic E-state index is 10.5. The molecule has 0 aliphatic rings. The van der Waals surface area contributed by atoms with E-state index in [0.29, 0.717) is 21.6 Å². The van der Waals surface area contributed by atoms with Crippen LogP contribution >= 0.6 is 0 Å². The number of hydroxylamine groups is 6. The number of amides is 4. The summed E-state index contributed by atoms with van der Waals surface area (Å²) in [6.07, 6.45) is 0.440. The molecule has 5 N–H and O–H groups in total. The van der Waals surface area contributed by atoms with Gasteiger partial charge in [0, 0.05) is 20.3 Å². The summed E-state index contributed by atoms with van der Waals surface area (Å²) in [5.74, 6) is 15.0. The predicted molar refractivity (Wildman–Crippen MR) is 111 cm³/mol. The number of carbonyl (C=O) groups excluding carboxylic acids is 3. The van der Waals surface area contributed by atoms with Gasteiger partial charge in [-0.3, -0.25) is 25.2 Å². The number of carbonyl (C=O) groups is 3. The summed E-state index contributed by atoms with van der Waals surface area (Å²) >= 11 is 0. The molecule has 0 fully saturated rings. The Hall–Kier alpha value is -3.23. The van der Waals surface area contributed by atoms with Crippen molar-refractivity contribution in [2.75, 3.05) is 6.54 Å². The third kappa shape index (κ3) is 18.1. The molecule has 0 aromatic carbocycles. The van der Waals surface area contributed by atoms with Crippen molar-refractivity contribution < 1.29 is 30.0 Å². The van der Waals surface area contributed by atoms with E-state index in [-0.39, 0.29) is 6.54 Å². The smallest absolute Gasteiger partial charge is 0.338 e. The van der Waals surface area contributed by atoms with E-state index in [0.717, 1.165) is 0 Å². The number of urea groups is 1. The van der Waals surface area contributed by atoms with E-state index >= 15 is 0 Å². The third-order valence-electron chi connectivity index (χ3n) is 2.97. The van der Waals surface area contributed by atoms with Crippen molar-refractivity contribution in [3.05, 3.63) is 0 Å². The van der Waals surface area contributed by atoms with E-state index in [1.54, 1.807) is 34.6 Å². The van der Waals surface area contributed by atoms with Gasteiger partial charge in [-0.2, -0.15) is 0 Å². The van der Waals surface area contributed by atoms with Crippen LogP contribution < -0.4 is 5.73 Å². The number of hydrogen-bond donors (Lipinski definition) is 4. The fourth-order valence-electron chi connectivity index (χ4n) is 1.48. The molecule has 0 aromatic rings. The van der Waals surface area contributed by atoms with E-state index in [1.165, 1.54) is 13.8 Å². The molecule has 0 saturated carbocycles. The van der Waals surface area contributed by atoms with Crippen LogP contribution in [0.4, 0.5) is 4.79 Å². The highest BCUT2D eigenvalue weighted by atomic mass is 16.5. The van der Waals surface area contributed by atoms with Gasteiger partial charge in [0.1, 0.15) is 12.1 Å². The van der Waals surface area contributed by atoms with Crippen molar-refractivity contribution in [3.8, 4) is 35.5 Å². The van der Waals surface area contributed by atoms with Crippen molar-refractivity contribution in [2.45, 2.75) is 67.0 Å². The molecule has 10 heteroatoms. The van der Waals surface area contributed by atoms with Crippen molar-refractivity contribution in [1.29, 1.82) is 0 Å². The van der Waals surface area contributed by atoms with Gasteiger partial charge in [0.25, 0.3) is 0 Å². The second kappa shape index (κ2) is 19.1. The molecule has 168 valence electrons. The molecule has 0 unspecified atom stereocenters. The minimum atomic E-state index is -0.849. The van der Waals surface area contributed by atoms with E-state index in [1.807, 2.05) is 0 Å². The molecule has 0 saturated heterocycles. The first-order valence-electron chi connectivity index (χ1n) is 8.84. The Labute approximate surface area is 178 Å². The monoisotopic (exact) mass is 424 g/mol. The first kappa shape index (κ1) is 31.5. The zero-order valence-corrected chi connectivity index (χ0v) is 18.6. The van der Waals surface area contributed by atoms with Gasteiger partial charge in [0.2, 0.25) is 11.8 Å². The number of hydrogen-bond acceptors (Lipinski definition) is 6. The highest BCUT2D eigenvalue weighted by Crippen LogP contribution is 1.93. The van der Waals surface area contributed by atoms with Crippen LogP contribution in [0, 0.1) is 35.5 Å². The summed E-state index contributed by atoms with van der Waals surface area (Å²) < 4.78 is 0. The normalized spacial score (nSPS) is 10.1. The lowest BCUT2D eigenvalue weighted by molar-refractivity contribution is -0.167. The SMILES string of the molecule is CC#CCCN(O)C(N)=O.CC#C[C@@H](C)N(O)C(C)=O.CC#C[C@H](C)N(O)C(C)=O. The van der Waals surface area contributed by atoms with Crippen LogP contribution in [0.5, 0.6) is 0 Å². The first-order chi connectivity index (χ1) is 13.9. The summed E-state index contributed by atoms with van der Waals surface area (Å²) in [6.45, 7) is 11.0. The molecule has 0 aromatic heterocycles. The topological polar surface area (TPSA) is 148 Å². The Balaban J connectivity index is -0.000000364. The Bertz CT molecular complexity index is 679. The molecule has 4 amide bonds. The van der Waals surface area contributed by atoms with Crippen molar-refractivity contribution >= 4 is 17.8 Å². The van der Waals surface area contributed by atoms with E-state index < -0.39 is 29.9 Å². The average Bonchev–Trinajstić information content (AvgIpc) is 2.67. The quantitative estimate of drug-likeness (QED) is 0.305. The molecule has 0 rings (SSSR count). The van der Waals surface area contributed by atoms with Gasteiger partial charge >= 0.3 is 6.03 Å². The van der Waals surface area contributed by atoms with Crippen molar-refractivity contribution in [1.82, 2.24) is 15.2 Å². The van der Waals surface area contributed by atoms with Gasteiger partial charge in [-0.15, -0.1) is 23.7 Å². The standard InChI is InChI=1S/2C7H11NO2.C6H10N2O2/c2*1-4-5-6(2)8(10)7(3)9;1-2-3-4-5-8(10)6(7)9/h2*6,10H,1-3H3;10H,4-5H2,1H3,(H2,7,9)/t2*6-;/m10./s1. The van der Waals surface area contributed by atoms with E-state index in [4.69, 9.17) is 21.4 Å². The summed E-state index contributed by atoms with van der Waals surface area (Å²) in [5.41, 5.74) is 4.71. The molecular weight excluding hydrogens is 392 g/mol. The molecule has 0 aliphatic heterocycles. The van der Waals surface area contributed by atoms with Crippen LogP contribution in [0.3, 0.4) is 0 Å². The lowest BCUT2D eigenvalue weighted by Gasteiger charge is -2.15. The van der Waals surface area contributed by atoms with Crippen LogP contribution in [0.15, 0.2) is 0 Å². The summed E-state index contributed by atoms with van der Waals surface area (Å²) in [5, 5.41) is 28.1. The van der Waals surface area contributed by atoms with Crippen LogP contribution in [0.1, 0.15) is 54.9 Å². The van der Waals surface area contributed by atoms with Crippen LogP contribution in [-0.2, 0) is 9.59 Å². The fourth-order valence-corrected chi connectivity index (χ4v) is 1.48. The molecule has 0 aliphatic carbocycles. The number of nitrogens with zero attached hydrogens (tertiary/aromatic N) is 3. The summed E-state index contributed by atoms with van der Waals surface area (Å²) in [6, 6.07) is -1.68. The van der Waals surface area contributed by atoms with Gasteiger partial charge in [0.15, 0.2) is 0 Å². The Morgan fingerprint density at radius 1 is 0.833 bits per heavy atom. The average molecular weight is 424 g/mol. The minimum absolute atomic E-state index is 0.163. The van der Waals surface area contributed by atoms with Gasteiger partial charge < -0.3 is 5.73 Å². The van der Waals surface area contributed by atoms with Crippen molar-refractivity contribution in [2.24, 2.45) is 5.73 Å². The number of rotatable bonds is 4. The maximum absolute atomic E-state index is 10.5. The molecule has 0 radical (unpaired) electrons. The van der Waals surface area contributed by atoms with Gasteiger partial charge in [0.05, 0.1) is 6.54 Å². The van der Waals surface area contributed by atoms with E-state index in [9.17, 15) is 14.4 Å². The minimum Gasteiger partial charge on any atom is -0.350 e. The third-order valence-corrected chi connectivity index (χ3v) is 2.97. The van der Waals surface area contributed by atoms with Crippen LogP contribution in [0.2, 0.25) is 0 Å². The summed E-state index contributed by atoms with van der Waals surface area (Å²) in [4.78, 5) is 31.1. The lowest BCUT2D eigenvalue weighted by Crippen LogP contribution is -2.33. The van der Waals surface area contributed by atoms with Crippen LogP contribution in [-0.4, -0.2) is 67.3 Å². The zero-order chi connectivity index (χ0) is 24.3. The van der Waals surface area contributed by atoms with Crippen molar-refractivity contribution in [3.63, 3.8) is 0 Å². The zero-order valence-electron chi connectivity index (χ0n) is 18.6. The fraction of sp³-hybridized carbons (Fsp3) is 0.550. The molecule has 0 bridgehead atoms. The highest BCUT2D eigenvalue weighted by Gasteiger charge is 2.10. The number of primary amides is 1. The van der Waals surface area contributed by atoms with Crippen LogP contribution in [0.25, 0.3) is 0 Å². The first-order valence-corrected chi connectivity index (χ1v) is 8.84. The molecule has 30 heavy (non-hydrogen) atoms. The molecular formula is C20H32N4O6. The predicted octanol–water partition coefficient (Wildman–Crippen LogP) is 1.44. The Morgan fingerprint density at radius 3 is 1.43 bits per heavy atom. The van der Waals surface area contributed by atoms with E-state index in [2.05, 4.69) is 35.5 Å². The molecule has 2 atom stereocenters. The number of nitrogens with two attached hydrogens (primary N) is 1. The highest BCUT2D eigenvalue weighted by molar-refractivity contribution is 5.73. The van der Waals surface area contributed by atoms with Gasteiger partial charge in [-0.05, 0) is 34.6 Å². The Kier molecular flexibility index (Phi) is 20.0. The van der Waals surface area contributed by atoms with Gasteiger partial charge in [-0.25, -0.2) is 20.0 Å². The molecule has 0 heterocycles. The second-order valence-electron chi connectivity index (χ2n) is 5.51. The van der Waals surface area contributed by atoms with Gasteiger partial charge in [-0.1, -0.05) is 11.8 Å². The largest absolute Gasteiger partial charge is 0.350 e.